The highest BCUT2D eigenvalue weighted by molar-refractivity contribution is 7.99. The number of ether oxygens (including phenoxy) is 2. The number of benzene rings is 1. The first-order valence-electron chi connectivity index (χ1n) is 10.9. The number of morpholine rings is 1. The van der Waals surface area contributed by atoms with Crippen LogP contribution in [0.2, 0.25) is 0 Å². The summed E-state index contributed by atoms with van der Waals surface area (Å²) in [6, 6.07) is 6.42. The third-order valence-corrected chi connectivity index (χ3v) is 6.51. The maximum absolute atomic E-state index is 13.4. The van der Waals surface area contributed by atoms with Gasteiger partial charge in [-0.3, -0.25) is 19.3 Å². The minimum Gasteiger partial charge on any atom is -0.465 e. The van der Waals surface area contributed by atoms with Crippen LogP contribution in [0.3, 0.4) is 0 Å². The normalized spacial score (nSPS) is 14.3. The molecular formula is C22H27N6O5S+. The number of H-pyrrole nitrogens is 1. The Bertz CT molecular complexity index is 1250. The largest absolute Gasteiger partial charge is 0.465 e. The Morgan fingerprint density at radius 2 is 2.09 bits per heavy atom. The van der Waals surface area contributed by atoms with E-state index in [9.17, 15) is 14.4 Å². The van der Waals surface area contributed by atoms with Gasteiger partial charge in [-0.1, -0.05) is 11.8 Å². The van der Waals surface area contributed by atoms with Crippen LogP contribution >= 0.6 is 11.8 Å². The lowest BCUT2D eigenvalue weighted by Gasteiger charge is -2.24. The molecule has 11 nitrogen and oxygen atoms in total. The Hall–Kier alpha value is -3.22. The van der Waals surface area contributed by atoms with Gasteiger partial charge in [0, 0.05) is 11.8 Å². The smallest absolute Gasteiger partial charge is 0.337 e. The van der Waals surface area contributed by atoms with E-state index in [1.54, 1.807) is 22.8 Å². The number of esters is 1. The van der Waals surface area contributed by atoms with Crippen molar-refractivity contribution < 1.29 is 24.0 Å². The molecule has 1 aliphatic rings. The Morgan fingerprint density at radius 3 is 2.79 bits per heavy atom. The molecule has 0 bridgehead atoms. The number of aromatic amines is 1. The van der Waals surface area contributed by atoms with Crippen LogP contribution in [0.25, 0.3) is 10.9 Å². The molecule has 3 heterocycles. The van der Waals surface area contributed by atoms with E-state index in [4.69, 9.17) is 9.47 Å². The van der Waals surface area contributed by atoms with E-state index >= 15 is 0 Å². The second-order valence-corrected chi connectivity index (χ2v) is 8.90. The average Bonchev–Trinajstić information content (AvgIpc) is 3.26. The summed E-state index contributed by atoms with van der Waals surface area (Å²) in [6.45, 7) is 6.20. The van der Waals surface area contributed by atoms with Crippen molar-refractivity contribution in [2.75, 3.05) is 51.0 Å². The molecule has 0 spiro atoms. The number of methoxy groups -OCH3 is 1. The average molecular weight is 488 g/mol. The summed E-state index contributed by atoms with van der Waals surface area (Å²) in [5.74, 6) is -0.290. The van der Waals surface area contributed by atoms with E-state index < -0.39 is 5.97 Å². The van der Waals surface area contributed by atoms with Gasteiger partial charge in [-0.05, 0) is 25.1 Å². The zero-order valence-electron chi connectivity index (χ0n) is 19.1. The minimum absolute atomic E-state index is 0.0466. The molecule has 0 aliphatic carbocycles. The standard InChI is InChI=1S/C22H26N6O5S/c1-14-11-18(26-25-14)24-19(29)13-34-22-23-17-12-15(21(31)32-2)3-4-16(17)20(30)28(22)6-5-27-7-9-33-10-8-27/h3-4,11-12H,5-10,13H2,1-2H3,(H2,24,25,26,29)/p+1. The van der Waals surface area contributed by atoms with Crippen molar-refractivity contribution in [3.8, 4) is 0 Å². The van der Waals surface area contributed by atoms with E-state index in [0.717, 1.165) is 25.3 Å². The van der Waals surface area contributed by atoms with E-state index in [1.165, 1.54) is 29.8 Å². The number of fused-ring (bicyclic) bond motifs is 1. The summed E-state index contributed by atoms with van der Waals surface area (Å²) in [5, 5.41) is 10.3. The number of anilines is 1. The number of carbonyl (C=O) groups excluding carboxylic acids is 2. The number of nitrogens with one attached hydrogen (secondary N) is 3. The van der Waals surface area contributed by atoms with Crippen LogP contribution in [0.1, 0.15) is 16.1 Å². The molecule has 4 rings (SSSR count). The fourth-order valence-corrected chi connectivity index (χ4v) is 4.55. The van der Waals surface area contributed by atoms with Crippen molar-refractivity contribution in [1.29, 1.82) is 0 Å². The number of hydrogen-bond acceptors (Lipinski definition) is 8. The molecule has 3 aromatic rings. The van der Waals surface area contributed by atoms with Crippen LogP contribution < -0.4 is 15.8 Å². The first-order chi connectivity index (χ1) is 16.4. The molecule has 0 saturated carbocycles. The van der Waals surface area contributed by atoms with Gasteiger partial charge in [0.25, 0.3) is 5.56 Å². The van der Waals surface area contributed by atoms with Crippen molar-refractivity contribution in [3.63, 3.8) is 0 Å². The second kappa shape index (κ2) is 10.8. The summed E-state index contributed by atoms with van der Waals surface area (Å²) in [5.41, 5.74) is 1.31. The molecule has 1 amide bonds. The van der Waals surface area contributed by atoms with E-state index in [-0.39, 0.29) is 17.2 Å². The van der Waals surface area contributed by atoms with Crippen molar-refractivity contribution in [1.82, 2.24) is 19.7 Å². The molecular weight excluding hydrogens is 460 g/mol. The lowest BCUT2D eigenvalue weighted by molar-refractivity contribution is -0.908. The summed E-state index contributed by atoms with van der Waals surface area (Å²) in [4.78, 5) is 43.8. The van der Waals surface area contributed by atoms with Crippen molar-refractivity contribution in [2.24, 2.45) is 0 Å². The number of quaternary nitrogens is 1. The summed E-state index contributed by atoms with van der Waals surface area (Å²) >= 11 is 1.17. The number of amides is 1. The first-order valence-corrected chi connectivity index (χ1v) is 11.9. The third kappa shape index (κ3) is 5.64. The van der Waals surface area contributed by atoms with Crippen molar-refractivity contribution in [2.45, 2.75) is 18.6 Å². The topological polar surface area (TPSA) is 133 Å². The number of hydrogen-bond donors (Lipinski definition) is 3. The molecule has 34 heavy (non-hydrogen) atoms. The first kappa shape index (κ1) is 23.9. The Labute approximate surface area is 199 Å². The SMILES string of the molecule is COC(=O)c1ccc2c(=O)n(CC[NH+]3CCOCC3)c(SCC(=O)Nc3cc(C)[nH]n3)nc2c1. The number of carbonyl (C=O) groups is 2. The Kier molecular flexibility index (Phi) is 7.60. The summed E-state index contributed by atoms with van der Waals surface area (Å²) in [7, 11) is 1.30. The van der Waals surface area contributed by atoms with E-state index in [0.29, 0.717) is 47.2 Å². The monoisotopic (exact) mass is 487 g/mol. The van der Waals surface area contributed by atoms with Crippen LogP contribution in [-0.4, -0.2) is 77.3 Å². The van der Waals surface area contributed by atoms with Gasteiger partial charge < -0.3 is 19.7 Å². The number of nitrogens with zero attached hydrogens (tertiary/aromatic N) is 3. The number of rotatable bonds is 8. The highest BCUT2D eigenvalue weighted by Gasteiger charge is 2.19. The van der Waals surface area contributed by atoms with Crippen molar-refractivity contribution in [3.05, 3.63) is 45.9 Å². The highest BCUT2D eigenvalue weighted by Crippen LogP contribution is 2.19. The molecule has 1 saturated heterocycles. The molecule has 0 radical (unpaired) electrons. The molecule has 2 aromatic heterocycles. The highest BCUT2D eigenvalue weighted by atomic mass is 32.2. The van der Waals surface area contributed by atoms with Crippen LogP contribution in [0.5, 0.6) is 0 Å². The molecule has 1 aromatic carbocycles. The zero-order valence-corrected chi connectivity index (χ0v) is 19.9. The molecule has 3 N–H and O–H groups in total. The molecule has 0 unspecified atom stereocenters. The van der Waals surface area contributed by atoms with Crippen LogP contribution in [0.15, 0.2) is 34.2 Å². The summed E-state index contributed by atoms with van der Waals surface area (Å²) in [6.07, 6.45) is 0. The van der Waals surface area contributed by atoms with Crippen molar-refractivity contribution >= 4 is 40.4 Å². The Balaban J connectivity index is 1.60. The van der Waals surface area contributed by atoms with Crippen LogP contribution in [0, 0.1) is 6.92 Å². The van der Waals surface area contributed by atoms with E-state index in [1.807, 2.05) is 6.92 Å². The van der Waals surface area contributed by atoms with Gasteiger partial charge in [0.2, 0.25) is 5.91 Å². The molecule has 180 valence electrons. The van der Waals surface area contributed by atoms with Gasteiger partial charge in [-0.15, -0.1) is 0 Å². The minimum atomic E-state index is -0.508. The number of aryl methyl sites for hydroxylation is 1. The number of thioether (sulfide) groups is 1. The molecule has 1 fully saturated rings. The number of aromatic nitrogens is 4. The van der Waals surface area contributed by atoms with Gasteiger partial charge in [0.05, 0.1) is 55.6 Å². The fraction of sp³-hybridized carbons (Fsp3) is 0.409. The molecule has 12 heteroatoms. The predicted molar refractivity (Wildman–Crippen MR) is 126 cm³/mol. The fourth-order valence-electron chi connectivity index (χ4n) is 3.72. The lowest BCUT2D eigenvalue weighted by atomic mass is 10.1. The molecule has 1 aliphatic heterocycles. The van der Waals surface area contributed by atoms with Gasteiger partial charge in [-0.25, -0.2) is 9.78 Å². The van der Waals surface area contributed by atoms with Gasteiger partial charge in [0.1, 0.15) is 13.1 Å². The van der Waals surface area contributed by atoms with Gasteiger partial charge >= 0.3 is 5.97 Å². The van der Waals surface area contributed by atoms with Gasteiger partial charge in [-0.2, -0.15) is 5.10 Å². The van der Waals surface area contributed by atoms with E-state index in [2.05, 4.69) is 20.5 Å². The predicted octanol–water partition coefficient (Wildman–Crippen LogP) is -0.139. The summed E-state index contributed by atoms with van der Waals surface area (Å²) < 4.78 is 11.8. The molecule has 0 atom stereocenters. The van der Waals surface area contributed by atoms with Crippen LogP contribution in [-0.2, 0) is 20.8 Å². The maximum atomic E-state index is 13.4. The maximum Gasteiger partial charge on any atom is 0.337 e. The second-order valence-electron chi connectivity index (χ2n) is 7.96. The third-order valence-electron chi connectivity index (χ3n) is 5.54. The lowest BCUT2D eigenvalue weighted by Crippen LogP contribution is -3.14. The zero-order chi connectivity index (χ0) is 24.1. The van der Waals surface area contributed by atoms with Gasteiger partial charge in [0.15, 0.2) is 11.0 Å². The van der Waals surface area contributed by atoms with Crippen LogP contribution in [0.4, 0.5) is 5.82 Å². The Morgan fingerprint density at radius 1 is 1.29 bits per heavy atom. The quantitative estimate of drug-likeness (QED) is 0.227.